The zero-order chi connectivity index (χ0) is 11.4. The third-order valence-corrected chi connectivity index (χ3v) is 2.91. The van der Waals surface area contributed by atoms with E-state index < -0.39 is 0 Å². The van der Waals surface area contributed by atoms with Crippen molar-refractivity contribution in [1.82, 2.24) is 9.97 Å². The minimum Gasteiger partial charge on any atom is -0.346 e. The zero-order valence-electron chi connectivity index (χ0n) is 8.91. The van der Waals surface area contributed by atoms with Crippen LogP contribution in [0, 0.1) is 0 Å². The van der Waals surface area contributed by atoms with Crippen LogP contribution in [0.5, 0.6) is 0 Å². The van der Waals surface area contributed by atoms with Crippen LogP contribution >= 0.6 is 15.9 Å². The third kappa shape index (κ3) is 2.93. The number of H-pyrrole nitrogens is 1. The van der Waals surface area contributed by atoms with E-state index in [0.717, 1.165) is 28.8 Å². The molecular formula is C12H14BrN3. The predicted molar refractivity (Wildman–Crippen MR) is 68.3 cm³/mol. The summed E-state index contributed by atoms with van der Waals surface area (Å²) in [7, 11) is 0. The van der Waals surface area contributed by atoms with Crippen molar-refractivity contribution in [3.8, 4) is 0 Å². The molecule has 0 atom stereocenters. The molecule has 2 aromatic rings. The first-order chi connectivity index (χ1) is 7.78. The Bertz CT molecular complexity index is 448. The van der Waals surface area contributed by atoms with Gasteiger partial charge in [0.15, 0.2) is 0 Å². The van der Waals surface area contributed by atoms with Crippen LogP contribution in [0.2, 0.25) is 0 Å². The number of benzene rings is 1. The molecule has 0 saturated heterocycles. The molecule has 0 unspecified atom stereocenters. The maximum absolute atomic E-state index is 5.49. The molecule has 2 rings (SSSR count). The molecule has 0 aliphatic rings. The highest BCUT2D eigenvalue weighted by Crippen LogP contribution is 2.12. The molecule has 0 saturated carbocycles. The van der Waals surface area contributed by atoms with Gasteiger partial charge in [0.2, 0.25) is 0 Å². The number of hydrogen-bond acceptors (Lipinski definition) is 2. The minimum atomic E-state index is 0.653. The highest BCUT2D eigenvalue weighted by atomic mass is 79.9. The van der Waals surface area contributed by atoms with E-state index in [9.17, 15) is 0 Å². The highest BCUT2D eigenvalue weighted by Gasteiger charge is 2.01. The fraction of sp³-hybridized carbons (Fsp3) is 0.250. The SMILES string of the molecule is NCCc1cnc(Cc2ccc(Br)cc2)[nH]1. The van der Waals surface area contributed by atoms with Crippen molar-refractivity contribution in [2.24, 2.45) is 5.73 Å². The summed E-state index contributed by atoms with van der Waals surface area (Å²) in [5.74, 6) is 0.991. The highest BCUT2D eigenvalue weighted by molar-refractivity contribution is 9.10. The monoisotopic (exact) mass is 279 g/mol. The molecule has 0 bridgehead atoms. The van der Waals surface area contributed by atoms with Crippen molar-refractivity contribution in [3.63, 3.8) is 0 Å². The third-order valence-electron chi connectivity index (χ3n) is 2.38. The van der Waals surface area contributed by atoms with Gasteiger partial charge in [0.25, 0.3) is 0 Å². The number of hydrogen-bond donors (Lipinski definition) is 2. The first-order valence-corrected chi connectivity index (χ1v) is 6.04. The van der Waals surface area contributed by atoms with Crippen LogP contribution in [0.4, 0.5) is 0 Å². The molecule has 1 aromatic heterocycles. The van der Waals surface area contributed by atoms with Gasteiger partial charge in [-0.05, 0) is 24.2 Å². The summed E-state index contributed by atoms with van der Waals surface area (Å²) in [6.07, 6.45) is 3.55. The van der Waals surface area contributed by atoms with E-state index in [4.69, 9.17) is 5.73 Å². The Morgan fingerprint density at radius 3 is 2.69 bits per heavy atom. The number of nitrogens with one attached hydrogen (secondary N) is 1. The van der Waals surface area contributed by atoms with Gasteiger partial charge < -0.3 is 10.7 Å². The quantitative estimate of drug-likeness (QED) is 0.902. The predicted octanol–water partition coefficient (Wildman–Crippen LogP) is 2.26. The van der Waals surface area contributed by atoms with Gasteiger partial charge in [-0.25, -0.2) is 4.98 Å². The summed E-state index contributed by atoms with van der Waals surface area (Å²) in [4.78, 5) is 7.60. The normalized spacial score (nSPS) is 10.6. The first-order valence-electron chi connectivity index (χ1n) is 5.25. The van der Waals surface area contributed by atoms with E-state index in [1.54, 1.807) is 0 Å². The topological polar surface area (TPSA) is 54.7 Å². The maximum atomic E-state index is 5.49. The van der Waals surface area contributed by atoms with Gasteiger partial charge in [-0.15, -0.1) is 0 Å². The van der Waals surface area contributed by atoms with E-state index in [1.165, 1.54) is 5.56 Å². The lowest BCUT2D eigenvalue weighted by Gasteiger charge is -1.98. The van der Waals surface area contributed by atoms with Crippen molar-refractivity contribution >= 4 is 15.9 Å². The number of nitrogens with two attached hydrogens (primary N) is 1. The molecule has 1 aromatic carbocycles. The van der Waals surface area contributed by atoms with Crippen molar-refractivity contribution in [3.05, 3.63) is 52.0 Å². The number of nitrogens with zero attached hydrogens (tertiary/aromatic N) is 1. The molecule has 16 heavy (non-hydrogen) atoms. The number of halogens is 1. The fourth-order valence-corrected chi connectivity index (χ4v) is 1.84. The van der Waals surface area contributed by atoms with Gasteiger partial charge in [0.05, 0.1) is 0 Å². The van der Waals surface area contributed by atoms with Crippen LogP contribution < -0.4 is 5.73 Å². The fourth-order valence-electron chi connectivity index (χ4n) is 1.57. The molecule has 1 heterocycles. The second kappa shape index (κ2) is 5.27. The molecule has 84 valence electrons. The number of aromatic nitrogens is 2. The van der Waals surface area contributed by atoms with Crippen molar-refractivity contribution in [2.75, 3.05) is 6.54 Å². The van der Waals surface area contributed by atoms with Crippen molar-refractivity contribution in [2.45, 2.75) is 12.8 Å². The van der Waals surface area contributed by atoms with Gasteiger partial charge in [0.1, 0.15) is 5.82 Å². The second-order valence-corrected chi connectivity index (χ2v) is 4.61. The Morgan fingerprint density at radius 1 is 1.25 bits per heavy atom. The van der Waals surface area contributed by atoms with Crippen molar-refractivity contribution in [1.29, 1.82) is 0 Å². The Labute approximate surface area is 103 Å². The zero-order valence-corrected chi connectivity index (χ0v) is 10.5. The maximum Gasteiger partial charge on any atom is 0.110 e. The van der Waals surface area contributed by atoms with Crippen molar-refractivity contribution < 1.29 is 0 Å². The smallest absolute Gasteiger partial charge is 0.110 e. The average molecular weight is 280 g/mol. The molecule has 4 heteroatoms. The van der Waals surface area contributed by atoms with Crippen LogP contribution in [0.25, 0.3) is 0 Å². The number of imidazole rings is 1. The summed E-state index contributed by atoms with van der Waals surface area (Å²) in [6, 6.07) is 8.27. The van der Waals surface area contributed by atoms with Gasteiger partial charge in [0, 0.05) is 29.2 Å². The van der Waals surface area contributed by atoms with Crippen LogP contribution in [-0.4, -0.2) is 16.5 Å². The summed E-state index contributed by atoms with van der Waals surface area (Å²) in [6.45, 7) is 0.653. The van der Waals surface area contributed by atoms with Crippen LogP contribution in [0.15, 0.2) is 34.9 Å². The Hall–Kier alpha value is -1.13. The molecule has 3 N–H and O–H groups in total. The molecule has 0 radical (unpaired) electrons. The Morgan fingerprint density at radius 2 is 2.00 bits per heavy atom. The number of aromatic amines is 1. The van der Waals surface area contributed by atoms with Gasteiger partial charge in [-0.2, -0.15) is 0 Å². The van der Waals surface area contributed by atoms with Gasteiger partial charge in [-0.1, -0.05) is 28.1 Å². The van der Waals surface area contributed by atoms with Crippen LogP contribution in [0.3, 0.4) is 0 Å². The summed E-state index contributed by atoms with van der Waals surface area (Å²) < 4.78 is 1.10. The second-order valence-electron chi connectivity index (χ2n) is 3.70. The average Bonchev–Trinajstić information content (AvgIpc) is 2.70. The molecule has 0 aliphatic heterocycles. The molecular weight excluding hydrogens is 266 g/mol. The Kier molecular flexibility index (Phi) is 3.74. The molecule has 3 nitrogen and oxygen atoms in total. The van der Waals surface area contributed by atoms with E-state index in [2.05, 4.69) is 38.0 Å². The summed E-state index contributed by atoms with van der Waals surface area (Å²) >= 11 is 3.42. The number of rotatable bonds is 4. The Balaban J connectivity index is 2.05. The minimum absolute atomic E-state index is 0.653. The lowest BCUT2D eigenvalue weighted by atomic mass is 10.1. The lowest BCUT2D eigenvalue weighted by Crippen LogP contribution is -2.02. The lowest BCUT2D eigenvalue weighted by molar-refractivity contribution is 0.919. The standard InChI is InChI=1S/C12H14BrN3/c13-10-3-1-9(2-4-10)7-12-15-8-11(16-12)5-6-14/h1-4,8H,5-7,14H2,(H,15,16). The van der Waals surface area contributed by atoms with E-state index in [-0.39, 0.29) is 0 Å². The van der Waals surface area contributed by atoms with Crippen LogP contribution in [0.1, 0.15) is 17.1 Å². The molecule has 0 fully saturated rings. The molecule has 0 spiro atoms. The van der Waals surface area contributed by atoms with Gasteiger partial charge in [-0.3, -0.25) is 0 Å². The first kappa shape index (κ1) is 11.4. The molecule has 0 aliphatic carbocycles. The summed E-state index contributed by atoms with van der Waals surface area (Å²) in [5, 5.41) is 0. The van der Waals surface area contributed by atoms with E-state index in [0.29, 0.717) is 6.54 Å². The van der Waals surface area contributed by atoms with Gasteiger partial charge >= 0.3 is 0 Å². The van der Waals surface area contributed by atoms with E-state index in [1.807, 2.05) is 18.3 Å². The van der Waals surface area contributed by atoms with E-state index >= 15 is 0 Å². The van der Waals surface area contributed by atoms with Crippen LogP contribution in [-0.2, 0) is 12.8 Å². The molecule has 0 amide bonds. The summed E-state index contributed by atoms with van der Waals surface area (Å²) in [5.41, 5.74) is 7.84. The largest absolute Gasteiger partial charge is 0.346 e.